The molecular weight excluding hydrogens is 394 g/mol. The monoisotopic (exact) mass is 447 g/mol. The molecule has 0 N–H and O–H groups in total. The van der Waals surface area contributed by atoms with Crippen LogP contribution in [0.15, 0.2) is 0 Å². The number of likely N-dealkylation sites (tertiary alicyclic amines) is 3. The quantitative estimate of drug-likeness (QED) is 0.538. The zero-order valence-electron chi connectivity index (χ0n) is 21.5. The van der Waals surface area contributed by atoms with E-state index in [9.17, 15) is 0 Å². The molecule has 186 valence electrons. The Labute approximate surface area is 199 Å². The SMILES string of the molecule is CC1CCN(CCN2CCC(CCN3CCN(CCN4CCC(C)CC4)CC3)CC2)CC1. The molecule has 4 aliphatic rings. The summed E-state index contributed by atoms with van der Waals surface area (Å²) < 4.78 is 0. The first kappa shape index (κ1) is 24.9. The summed E-state index contributed by atoms with van der Waals surface area (Å²) in [6, 6.07) is 0. The third-order valence-electron chi connectivity index (χ3n) is 9.24. The molecule has 4 rings (SSSR count). The van der Waals surface area contributed by atoms with E-state index < -0.39 is 0 Å². The van der Waals surface area contributed by atoms with Crippen molar-refractivity contribution in [2.75, 3.05) is 98.2 Å². The van der Waals surface area contributed by atoms with E-state index in [1.54, 1.807) is 0 Å². The molecule has 0 unspecified atom stereocenters. The Kier molecular flexibility index (Phi) is 10.2. The zero-order valence-corrected chi connectivity index (χ0v) is 21.5. The Bertz CT molecular complexity index is 450. The van der Waals surface area contributed by atoms with Gasteiger partial charge >= 0.3 is 0 Å². The molecule has 0 amide bonds. The summed E-state index contributed by atoms with van der Waals surface area (Å²) in [5, 5.41) is 0. The molecule has 0 aromatic heterocycles. The number of rotatable bonds is 9. The molecule has 0 bridgehead atoms. The maximum Gasteiger partial charge on any atom is 0.0110 e. The predicted octanol–water partition coefficient (Wildman–Crippen LogP) is 3.17. The Morgan fingerprint density at radius 3 is 1.12 bits per heavy atom. The Hall–Kier alpha value is -0.200. The van der Waals surface area contributed by atoms with Crippen LogP contribution >= 0.6 is 0 Å². The molecule has 0 spiro atoms. The maximum absolute atomic E-state index is 2.75. The van der Waals surface area contributed by atoms with E-state index >= 15 is 0 Å². The van der Waals surface area contributed by atoms with Gasteiger partial charge in [0.25, 0.3) is 0 Å². The molecule has 4 saturated heterocycles. The van der Waals surface area contributed by atoms with Crippen LogP contribution in [-0.2, 0) is 0 Å². The van der Waals surface area contributed by atoms with E-state index in [1.807, 2.05) is 0 Å². The summed E-state index contributed by atoms with van der Waals surface area (Å²) in [5.74, 6) is 2.88. The molecule has 0 aromatic rings. The number of piperazine rings is 1. The first-order valence-electron chi connectivity index (χ1n) is 14.3. The topological polar surface area (TPSA) is 16.2 Å². The van der Waals surface area contributed by atoms with E-state index in [-0.39, 0.29) is 0 Å². The van der Waals surface area contributed by atoms with Gasteiger partial charge in [0.15, 0.2) is 0 Å². The third-order valence-corrected chi connectivity index (χ3v) is 9.24. The van der Waals surface area contributed by atoms with Crippen molar-refractivity contribution in [1.82, 2.24) is 24.5 Å². The van der Waals surface area contributed by atoms with Gasteiger partial charge in [-0.1, -0.05) is 13.8 Å². The van der Waals surface area contributed by atoms with Crippen molar-refractivity contribution in [2.45, 2.75) is 58.8 Å². The van der Waals surface area contributed by atoms with Crippen molar-refractivity contribution >= 4 is 0 Å². The lowest BCUT2D eigenvalue weighted by Crippen LogP contribution is -2.49. The van der Waals surface area contributed by atoms with Crippen molar-refractivity contribution in [3.63, 3.8) is 0 Å². The van der Waals surface area contributed by atoms with E-state index in [0.29, 0.717) is 0 Å². The molecule has 0 aliphatic carbocycles. The second-order valence-electron chi connectivity index (χ2n) is 11.8. The molecule has 32 heavy (non-hydrogen) atoms. The summed E-state index contributed by atoms with van der Waals surface area (Å²) in [6.45, 7) is 24.6. The minimum absolute atomic E-state index is 0.950. The van der Waals surface area contributed by atoms with E-state index in [1.165, 1.54) is 143 Å². The number of nitrogens with zero attached hydrogens (tertiary/aromatic N) is 5. The van der Waals surface area contributed by atoms with E-state index in [4.69, 9.17) is 0 Å². The van der Waals surface area contributed by atoms with Crippen LogP contribution in [0.3, 0.4) is 0 Å². The highest BCUT2D eigenvalue weighted by molar-refractivity contribution is 4.79. The molecular formula is C27H53N5. The van der Waals surface area contributed by atoms with Crippen LogP contribution in [0.5, 0.6) is 0 Å². The number of piperidine rings is 3. The van der Waals surface area contributed by atoms with Crippen LogP contribution in [0.25, 0.3) is 0 Å². The minimum Gasteiger partial charge on any atom is -0.302 e. The minimum atomic E-state index is 0.950. The Morgan fingerprint density at radius 2 is 0.719 bits per heavy atom. The fraction of sp³-hybridized carbons (Fsp3) is 1.00. The van der Waals surface area contributed by atoms with Gasteiger partial charge in [0, 0.05) is 52.4 Å². The van der Waals surface area contributed by atoms with Gasteiger partial charge in [-0.3, -0.25) is 4.90 Å². The fourth-order valence-corrected chi connectivity index (χ4v) is 6.24. The van der Waals surface area contributed by atoms with Crippen LogP contribution in [0.1, 0.15) is 58.8 Å². The lowest BCUT2D eigenvalue weighted by atomic mass is 9.93. The largest absolute Gasteiger partial charge is 0.302 e. The van der Waals surface area contributed by atoms with Crippen molar-refractivity contribution in [2.24, 2.45) is 17.8 Å². The highest BCUT2D eigenvalue weighted by Crippen LogP contribution is 2.22. The molecule has 0 saturated carbocycles. The standard InChI is InChI=1S/C27H53N5/c1-25-3-10-28(11-4-25)17-18-30-14-7-27(8-15-30)9-16-31-20-23-32(24-21-31)22-19-29-12-5-26(2)6-13-29/h25-27H,3-24H2,1-2H3. The summed E-state index contributed by atoms with van der Waals surface area (Å²) in [5.41, 5.74) is 0. The predicted molar refractivity (Wildman–Crippen MR) is 136 cm³/mol. The number of hydrogen-bond acceptors (Lipinski definition) is 5. The zero-order chi connectivity index (χ0) is 22.2. The molecule has 5 heteroatoms. The van der Waals surface area contributed by atoms with E-state index in [0.717, 1.165) is 17.8 Å². The van der Waals surface area contributed by atoms with Crippen LogP contribution in [0.2, 0.25) is 0 Å². The second-order valence-corrected chi connectivity index (χ2v) is 11.8. The van der Waals surface area contributed by atoms with Gasteiger partial charge in [0.2, 0.25) is 0 Å². The smallest absolute Gasteiger partial charge is 0.0110 e. The van der Waals surface area contributed by atoms with Gasteiger partial charge in [-0.2, -0.15) is 0 Å². The Morgan fingerprint density at radius 1 is 0.406 bits per heavy atom. The highest BCUT2D eigenvalue weighted by Gasteiger charge is 2.23. The van der Waals surface area contributed by atoms with Crippen LogP contribution in [0, 0.1) is 17.8 Å². The van der Waals surface area contributed by atoms with Crippen LogP contribution in [0.4, 0.5) is 0 Å². The molecule has 5 nitrogen and oxygen atoms in total. The number of hydrogen-bond donors (Lipinski definition) is 0. The molecule has 4 heterocycles. The van der Waals surface area contributed by atoms with Gasteiger partial charge in [-0.05, 0) is 109 Å². The van der Waals surface area contributed by atoms with Crippen molar-refractivity contribution < 1.29 is 0 Å². The van der Waals surface area contributed by atoms with Crippen LogP contribution in [-0.4, -0.2) is 123 Å². The maximum atomic E-state index is 2.75. The van der Waals surface area contributed by atoms with Crippen molar-refractivity contribution in [3.8, 4) is 0 Å². The normalized spacial score (nSPS) is 27.9. The van der Waals surface area contributed by atoms with Gasteiger partial charge in [-0.25, -0.2) is 0 Å². The molecule has 4 aliphatic heterocycles. The lowest BCUT2D eigenvalue weighted by Gasteiger charge is -2.38. The van der Waals surface area contributed by atoms with Gasteiger partial charge in [0.1, 0.15) is 0 Å². The molecule has 0 atom stereocenters. The second kappa shape index (κ2) is 13.0. The summed E-state index contributed by atoms with van der Waals surface area (Å²) in [6.07, 6.45) is 9.94. The first-order valence-corrected chi connectivity index (χ1v) is 14.3. The molecule has 4 fully saturated rings. The highest BCUT2D eigenvalue weighted by atomic mass is 15.3. The average Bonchev–Trinajstić information content (AvgIpc) is 2.83. The molecule has 0 radical (unpaired) electrons. The first-order chi connectivity index (χ1) is 15.6. The lowest BCUT2D eigenvalue weighted by molar-refractivity contribution is 0.0976. The molecule has 0 aromatic carbocycles. The fourth-order valence-electron chi connectivity index (χ4n) is 6.24. The van der Waals surface area contributed by atoms with Crippen LogP contribution < -0.4 is 0 Å². The van der Waals surface area contributed by atoms with E-state index in [2.05, 4.69) is 38.3 Å². The van der Waals surface area contributed by atoms with Crippen molar-refractivity contribution in [1.29, 1.82) is 0 Å². The summed E-state index contributed by atoms with van der Waals surface area (Å²) >= 11 is 0. The average molecular weight is 448 g/mol. The van der Waals surface area contributed by atoms with Gasteiger partial charge < -0.3 is 19.6 Å². The summed E-state index contributed by atoms with van der Waals surface area (Å²) in [7, 11) is 0. The van der Waals surface area contributed by atoms with Crippen molar-refractivity contribution in [3.05, 3.63) is 0 Å². The van der Waals surface area contributed by atoms with Gasteiger partial charge in [-0.15, -0.1) is 0 Å². The third kappa shape index (κ3) is 8.23. The summed E-state index contributed by atoms with van der Waals surface area (Å²) in [4.78, 5) is 13.6. The Balaban J connectivity index is 1.01. The van der Waals surface area contributed by atoms with Gasteiger partial charge in [0.05, 0.1) is 0 Å².